The average Bonchev–Trinajstić information content (AvgIpc) is 2.71. The van der Waals surface area contributed by atoms with Crippen LogP contribution in [0, 0.1) is 3.57 Å². The summed E-state index contributed by atoms with van der Waals surface area (Å²) in [6.07, 6.45) is 0.233. The molecule has 4 nitrogen and oxygen atoms in total. The van der Waals surface area contributed by atoms with Gasteiger partial charge in [-0.1, -0.05) is 78.9 Å². The minimum absolute atomic E-state index is 0.233. The molecule has 1 atom stereocenters. The van der Waals surface area contributed by atoms with Crippen LogP contribution < -0.4 is 5.32 Å². The summed E-state index contributed by atoms with van der Waals surface area (Å²) in [6.45, 7) is 0. The maximum absolute atomic E-state index is 13.2. The molecule has 3 aromatic rings. The van der Waals surface area contributed by atoms with Crippen molar-refractivity contribution in [2.45, 2.75) is 18.4 Å². The summed E-state index contributed by atoms with van der Waals surface area (Å²) in [5.41, 5.74) is 2.54. The molecule has 0 spiro atoms. The van der Waals surface area contributed by atoms with E-state index in [4.69, 9.17) is 0 Å². The Kier molecular flexibility index (Phi) is 6.81. The van der Waals surface area contributed by atoms with Gasteiger partial charge in [0.05, 0.1) is 5.92 Å². The van der Waals surface area contributed by atoms with Crippen molar-refractivity contribution in [1.29, 1.82) is 0 Å². The van der Waals surface area contributed by atoms with E-state index in [0.29, 0.717) is 0 Å². The number of aliphatic carboxylic acids is 1. The Bertz CT molecular complexity index is 905. The molecular formula is C23H20INO3. The first-order chi connectivity index (χ1) is 13.6. The SMILES string of the molecule is O=C(N[C@H](Cc1ccccc1I)C(=O)O)C(c1ccccc1)c1ccccc1. The van der Waals surface area contributed by atoms with E-state index < -0.39 is 17.9 Å². The number of nitrogens with one attached hydrogen (secondary N) is 1. The fraction of sp³-hybridized carbons (Fsp3) is 0.130. The molecule has 0 aliphatic heterocycles. The first kappa shape index (κ1) is 20.1. The predicted octanol–water partition coefficient (Wildman–Crippen LogP) is 4.24. The zero-order valence-electron chi connectivity index (χ0n) is 15.1. The molecule has 0 fully saturated rings. The number of carbonyl (C=O) groups excluding carboxylic acids is 1. The van der Waals surface area contributed by atoms with E-state index in [9.17, 15) is 14.7 Å². The van der Waals surface area contributed by atoms with Gasteiger partial charge in [0.2, 0.25) is 5.91 Å². The maximum Gasteiger partial charge on any atom is 0.326 e. The van der Waals surface area contributed by atoms with Crippen LogP contribution in [0.1, 0.15) is 22.6 Å². The molecule has 0 aliphatic carbocycles. The molecule has 3 aromatic carbocycles. The number of carbonyl (C=O) groups is 2. The highest BCUT2D eigenvalue weighted by Gasteiger charge is 2.28. The summed E-state index contributed by atoms with van der Waals surface area (Å²) in [5, 5.41) is 12.4. The number of rotatable bonds is 7. The van der Waals surface area contributed by atoms with E-state index in [1.165, 1.54) is 0 Å². The molecule has 28 heavy (non-hydrogen) atoms. The van der Waals surface area contributed by atoms with Crippen LogP contribution in [-0.4, -0.2) is 23.0 Å². The Labute approximate surface area is 177 Å². The Morgan fingerprint density at radius 1 is 0.821 bits per heavy atom. The molecule has 0 saturated heterocycles. The van der Waals surface area contributed by atoms with Crippen LogP contribution in [0.15, 0.2) is 84.9 Å². The molecular weight excluding hydrogens is 465 g/mol. The molecule has 1 amide bonds. The highest BCUT2D eigenvalue weighted by atomic mass is 127. The Hall–Kier alpha value is -2.67. The number of benzene rings is 3. The summed E-state index contributed by atoms with van der Waals surface area (Å²) in [6, 6.07) is 25.4. The summed E-state index contributed by atoms with van der Waals surface area (Å²) in [4.78, 5) is 25.0. The lowest BCUT2D eigenvalue weighted by Crippen LogP contribution is -2.44. The third kappa shape index (κ3) is 4.98. The third-order valence-electron chi connectivity index (χ3n) is 4.52. The molecule has 2 N–H and O–H groups in total. The first-order valence-corrected chi connectivity index (χ1v) is 10.0. The van der Waals surface area contributed by atoms with Crippen LogP contribution in [0.3, 0.4) is 0 Å². The van der Waals surface area contributed by atoms with Gasteiger partial charge >= 0.3 is 5.97 Å². The van der Waals surface area contributed by atoms with Gasteiger partial charge in [0, 0.05) is 9.99 Å². The monoisotopic (exact) mass is 485 g/mol. The standard InChI is InChI=1S/C23H20INO3/c24-19-14-8-7-13-18(19)15-20(23(27)28)25-22(26)21(16-9-3-1-4-10-16)17-11-5-2-6-12-17/h1-14,20-21H,15H2,(H,25,26)(H,27,28)/t20-/m1/s1. The van der Waals surface area contributed by atoms with E-state index in [1.54, 1.807) is 0 Å². The Morgan fingerprint density at radius 3 is 1.82 bits per heavy atom. The van der Waals surface area contributed by atoms with Gasteiger partial charge in [0.15, 0.2) is 0 Å². The average molecular weight is 485 g/mol. The minimum atomic E-state index is -1.05. The van der Waals surface area contributed by atoms with Gasteiger partial charge in [-0.15, -0.1) is 0 Å². The second-order valence-corrected chi connectivity index (χ2v) is 7.61. The molecule has 0 radical (unpaired) electrons. The van der Waals surface area contributed by atoms with Crippen LogP contribution in [0.25, 0.3) is 0 Å². The molecule has 3 rings (SSSR count). The number of carboxylic acid groups (broad SMARTS) is 1. The van der Waals surface area contributed by atoms with Crippen molar-refractivity contribution in [2.24, 2.45) is 0 Å². The van der Waals surface area contributed by atoms with Crippen molar-refractivity contribution in [1.82, 2.24) is 5.32 Å². The second kappa shape index (κ2) is 9.50. The van der Waals surface area contributed by atoms with Crippen LogP contribution in [-0.2, 0) is 16.0 Å². The summed E-state index contributed by atoms with van der Waals surface area (Å²) in [5.74, 6) is -1.94. The van der Waals surface area contributed by atoms with Crippen molar-refractivity contribution in [3.8, 4) is 0 Å². The normalized spacial score (nSPS) is 11.8. The third-order valence-corrected chi connectivity index (χ3v) is 5.58. The van der Waals surface area contributed by atoms with E-state index >= 15 is 0 Å². The first-order valence-electron chi connectivity index (χ1n) is 8.92. The van der Waals surface area contributed by atoms with Crippen LogP contribution in [0.2, 0.25) is 0 Å². The molecule has 142 valence electrons. The minimum Gasteiger partial charge on any atom is -0.480 e. The summed E-state index contributed by atoms with van der Waals surface area (Å²) >= 11 is 2.18. The van der Waals surface area contributed by atoms with Gasteiger partial charge in [-0.2, -0.15) is 0 Å². The van der Waals surface area contributed by atoms with Crippen LogP contribution in [0.4, 0.5) is 0 Å². The Balaban J connectivity index is 1.87. The maximum atomic E-state index is 13.2. The van der Waals surface area contributed by atoms with Gasteiger partial charge in [-0.05, 0) is 45.3 Å². The van der Waals surface area contributed by atoms with E-state index in [2.05, 4.69) is 27.9 Å². The van der Waals surface area contributed by atoms with Crippen LogP contribution in [0.5, 0.6) is 0 Å². The smallest absolute Gasteiger partial charge is 0.326 e. The molecule has 0 aliphatic rings. The number of halogens is 1. The van der Waals surface area contributed by atoms with Gasteiger partial charge in [-0.25, -0.2) is 4.79 Å². The van der Waals surface area contributed by atoms with E-state index in [1.807, 2.05) is 84.9 Å². The van der Waals surface area contributed by atoms with Crippen LogP contribution >= 0.6 is 22.6 Å². The number of hydrogen-bond donors (Lipinski definition) is 2. The number of hydrogen-bond acceptors (Lipinski definition) is 2. The molecule has 0 unspecified atom stereocenters. The quantitative estimate of drug-likeness (QED) is 0.493. The van der Waals surface area contributed by atoms with Crippen molar-refractivity contribution in [3.05, 3.63) is 105 Å². The highest BCUT2D eigenvalue weighted by Crippen LogP contribution is 2.25. The van der Waals surface area contributed by atoms with Crippen molar-refractivity contribution < 1.29 is 14.7 Å². The van der Waals surface area contributed by atoms with Gasteiger partial charge in [0.25, 0.3) is 0 Å². The summed E-state index contributed by atoms with van der Waals surface area (Å²) < 4.78 is 0.975. The lowest BCUT2D eigenvalue weighted by molar-refractivity contribution is -0.141. The van der Waals surface area contributed by atoms with Crippen molar-refractivity contribution in [2.75, 3.05) is 0 Å². The molecule has 0 aromatic heterocycles. The summed E-state index contributed by atoms with van der Waals surface area (Å²) in [7, 11) is 0. The van der Waals surface area contributed by atoms with Gasteiger partial charge in [0.1, 0.15) is 6.04 Å². The molecule has 0 saturated carbocycles. The molecule has 0 bridgehead atoms. The van der Waals surface area contributed by atoms with Gasteiger partial charge in [-0.3, -0.25) is 4.79 Å². The topological polar surface area (TPSA) is 66.4 Å². The van der Waals surface area contributed by atoms with Gasteiger partial charge < -0.3 is 10.4 Å². The Morgan fingerprint density at radius 2 is 1.32 bits per heavy atom. The van der Waals surface area contributed by atoms with Crippen molar-refractivity contribution >= 4 is 34.5 Å². The zero-order valence-corrected chi connectivity index (χ0v) is 17.2. The number of amides is 1. The molecule has 5 heteroatoms. The van der Waals surface area contributed by atoms with E-state index in [0.717, 1.165) is 20.3 Å². The lowest BCUT2D eigenvalue weighted by atomic mass is 9.90. The molecule has 0 heterocycles. The number of carboxylic acids is 1. The fourth-order valence-electron chi connectivity index (χ4n) is 3.13. The fourth-order valence-corrected chi connectivity index (χ4v) is 3.73. The second-order valence-electron chi connectivity index (χ2n) is 6.45. The lowest BCUT2D eigenvalue weighted by Gasteiger charge is -2.21. The highest BCUT2D eigenvalue weighted by molar-refractivity contribution is 14.1. The largest absolute Gasteiger partial charge is 0.480 e. The van der Waals surface area contributed by atoms with Crippen molar-refractivity contribution in [3.63, 3.8) is 0 Å². The predicted molar refractivity (Wildman–Crippen MR) is 117 cm³/mol. The van der Waals surface area contributed by atoms with E-state index in [-0.39, 0.29) is 12.3 Å². The zero-order chi connectivity index (χ0) is 19.9.